The second-order valence-electron chi connectivity index (χ2n) is 5.48. The Labute approximate surface area is 131 Å². The average molecular weight is 298 g/mol. The smallest absolute Gasteiger partial charge is 0.253 e. The van der Waals surface area contributed by atoms with Crippen LogP contribution in [-0.4, -0.2) is 22.0 Å². The lowest BCUT2D eigenvalue weighted by Gasteiger charge is -2.17. The summed E-state index contributed by atoms with van der Waals surface area (Å²) in [5, 5.41) is 12.9. The second kappa shape index (κ2) is 8.29. The van der Waals surface area contributed by atoms with E-state index < -0.39 is 6.10 Å². The van der Waals surface area contributed by atoms with Crippen LogP contribution in [0, 0.1) is 0 Å². The van der Waals surface area contributed by atoms with Crippen molar-refractivity contribution in [1.29, 1.82) is 0 Å². The van der Waals surface area contributed by atoms with E-state index in [2.05, 4.69) is 16.4 Å². The Morgan fingerprint density at radius 1 is 1.23 bits per heavy atom. The largest absolute Gasteiger partial charge is 0.378 e. The third-order valence-electron chi connectivity index (χ3n) is 3.58. The molecule has 0 unspecified atom stereocenters. The highest BCUT2D eigenvalue weighted by molar-refractivity contribution is 5.82. The lowest BCUT2D eigenvalue weighted by molar-refractivity contribution is -0.130. The number of pyridine rings is 1. The number of carbonyl (C=O) groups excluding carboxylic acids is 1. The van der Waals surface area contributed by atoms with E-state index in [-0.39, 0.29) is 11.9 Å². The number of hydrogen-bond acceptors (Lipinski definition) is 3. The van der Waals surface area contributed by atoms with Crippen LogP contribution in [0.1, 0.15) is 37.0 Å². The molecule has 0 aliphatic heterocycles. The van der Waals surface area contributed by atoms with E-state index in [0.717, 1.165) is 19.3 Å². The predicted octanol–water partition coefficient (Wildman–Crippen LogP) is 2.64. The Morgan fingerprint density at radius 2 is 2.00 bits per heavy atom. The number of aryl methyl sites for hydroxylation is 1. The van der Waals surface area contributed by atoms with Gasteiger partial charge in [0.05, 0.1) is 0 Å². The van der Waals surface area contributed by atoms with Crippen LogP contribution in [0.15, 0.2) is 54.9 Å². The Hall–Kier alpha value is -2.20. The van der Waals surface area contributed by atoms with Gasteiger partial charge in [0.2, 0.25) is 0 Å². The normalized spacial score (nSPS) is 13.4. The van der Waals surface area contributed by atoms with Gasteiger partial charge in [0, 0.05) is 18.4 Å². The molecule has 0 fully saturated rings. The van der Waals surface area contributed by atoms with Crippen molar-refractivity contribution in [2.45, 2.75) is 38.3 Å². The summed E-state index contributed by atoms with van der Waals surface area (Å²) in [6, 6.07) is 13.0. The summed E-state index contributed by atoms with van der Waals surface area (Å²) in [6.07, 6.45) is 5.29. The molecule has 0 bridgehead atoms. The van der Waals surface area contributed by atoms with Gasteiger partial charge in [0.1, 0.15) is 0 Å². The zero-order valence-corrected chi connectivity index (χ0v) is 12.8. The van der Waals surface area contributed by atoms with E-state index in [1.807, 2.05) is 37.4 Å². The molecule has 4 nitrogen and oxygen atoms in total. The average Bonchev–Trinajstić information content (AvgIpc) is 2.56. The summed E-state index contributed by atoms with van der Waals surface area (Å²) in [4.78, 5) is 16.1. The van der Waals surface area contributed by atoms with Gasteiger partial charge < -0.3 is 10.4 Å². The fraction of sp³-hybridized carbons (Fsp3) is 0.333. The lowest BCUT2D eigenvalue weighted by Crippen LogP contribution is -2.36. The number of carbonyl (C=O) groups is 1. The molecule has 4 heteroatoms. The van der Waals surface area contributed by atoms with Gasteiger partial charge >= 0.3 is 0 Å². The molecule has 0 aliphatic rings. The van der Waals surface area contributed by atoms with Gasteiger partial charge in [0.15, 0.2) is 6.10 Å². The van der Waals surface area contributed by atoms with E-state index in [9.17, 15) is 9.90 Å². The van der Waals surface area contributed by atoms with Crippen LogP contribution >= 0.6 is 0 Å². The van der Waals surface area contributed by atoms with Gasteiger partial charge in [-0.3, -0.25) is 9.78 Å². The first-order valence-corrected chi connectivity index (χ1v) is 7.59. The van der Waals surface area contributed by atoms with Crippen LogP contribution < -0.4 is 5.32 Å². The monoisotopic (exact) mass is 298 g/mol. The minimum Gasteiger partial charge on any atom is -0.378 e. The number of aliphatic hydroxyl groups excluding tert-OH is 1. The van der Waals surface area contributed by atoms with Gasteiger partial charge in [-0.05, 0) is 43.4 Å². The molecule has 2 atom stereocenters. The van der Waals surface area contributed by atoms with Gasteiger partial charge in [-0.25, -0.2) is 0 Å². The molecule has 2 N–H and O–H groups in total. The molecule has 0 radical (unpaired) electrons. The number of aromatic nitrogens is 1. The van der Waals surface area contributed by atoms with Crippen LogP contribution in [-0.2, 0) is 11.2 Å². The van der Waals surface area contributed by atoms with Crippen molar-refractivity contribution in [3.63, 3.8) is 0 Å². The fourth-order valence-corrected chi connectivity index (χ4v) is 2.34. The van der Waals surface area contributed by atoms with Crippen LogP contribution in [0.25, 0.3) is 0 Å². The quantitative estimate of drug-likeness (QED) is 0.826. The molecule has 1 aromatic carbocycles. The zero-order chi connectivity index (χ0) is 15.8. The SMILES string of the molecule is C[C@@H](CCCc1cccnc1)NC(=O)[C@@H](O)c1ccccc1. The van der Waals surface area contributed by atoms with Gasteiger partial charge in [-0.15, -0.1) is 0 Å². The Balaban J connectivity index is 1.74. The highest BCUT2D eigenvalue weighted by atomic mass is 16.3. The van der Waals surface area contributed by atoms with Crippen molar-refractivity contribution >= 4 is 5.91 Å². The van der Waals surface area contributed by atoms with Crippen molar-refractivity contribution in [2.24, 2.45) is 0 Å². The topological polar surface area (TPSA) is 62.2 Å². The zero-order valence-electron chi connectivity index (χ0n) is 12.8. The van der Waals surface area contributed by atoms with Crippen LogP contribution in [0.4, 0.5) is 0 Å². The lowest BCUT2D eigenvalue weighted by atomic mass is 10.1. The third kappa shape index (κ3) is 4.97. The summed E-state index contributed by atoms with van der Waals surface area (Å²) in [7, 11) is 0. The minimum absolute atomic E-state index is 0.0301. The first-order valence-electron chi connectivity index (χ1n) is 7.59. The first kappa shape index (κ1) is 16.2. The summed E-state index contributed by atoms with van der Waals surface area (Å²) in [5.74, 6) is -0.347. The molecule has 1 amide bonds. The van der Waals surface area contributed by atoms with E-state index in [1.165, 1.54) is 5.56 Å². The molecular formula is C18H22N2O2. The molecule has 0 saturated carbocycles. The summed E-state index contributed by atoms with van der Waals surface area (Å²) in [5.41, 5.74) is 1.81. The van der Waals surface area contributed by atoms with E-state index in [1.54, 1.807) is 18.3 Å². The van der Waals surface area contributed by atoms with Crippen LogP contribution in [0.3, 0.4) is 0 Å². The number of amides is 1. The molecule has 2 rings (SSSR count). The van der Waals surface area contributed by atoms with Crippen LogP contribution in [0.2, 0.25) is 0 Å². The summed E-state index contributed by atoms with van der Waals surface area (Å²) >= 11 is 0. The maximum atomic E-state index is 12.0. The molecule has 1 aromatic heterocycles. The third-order valence-corrected chi connectivity index (χ3v) is 3.58. The molecule has 22 heavy (non-hydrogen) atoms. The number of rotatable bonds is 7. The first-order chi connectivity index (χ1) is 10.7. The van der Waals surface area contributed by atoms with Gasteiger partial charge in [0.25, 0.3) is 5.91 Å². The molecule has 0 aliphatic carbocycles. The molecule has 1 heterocycles. The minimum atomic E-state index is -1.11. The number of hydrogen-bond donors (Lipinski definition) is 2. The van der Waals surface area contributed by atoms with Crippen LogP contribution in [0.5, 0.6) is 0 Å². The Morgan fingerprint density at radius 3 is 2.68 bits per heavy atom. The number of nitrogens with one attached hydrogen (secondary N) is 1. The molecule has 0 saturated heterocycles. The van der Waals surface area contributed by atoms with Crippen molar-refractivity contribution in [2.75, 3.05) is 0 Å². The Kier molecular flexibility index (Phi) is 6.10. The number of benzene rings is 1. The molecular weight excluding hydrogens is 276 g/mol. The molecule has 2 aromatic rings. The van der Waals surface area contributed by atoms with Crippen molar-refractivity contribution in [1.82, 2.24) is 10.3 Å². The van der Waals surface area contributed by atoms with E-state index >= 15 is 0 Å². The summed E-state index contributed by atoms with van der Waals surface area (Å²) < 4.78 is 0. The molecule has 116 valence electrons. The Bertz CT molecular complexity index is 572. The number of nitrogens with zero attached hydrogens (tertiary/aromatic N) is 1. The maximum Gasteiger partial charge on any atom is 0.253 e. The highest BCUT2D eigenvalue weighted by Gasteiger charge is 2.18. The number of aliphatic hydroxyl groups is 1. The standard InChI is InChI=1S/C18H22N2O2/c1-14(7-5-8-15-9-6-12-19-13-15)20-18(22)17(21)16-10-3-2-4-11-16/h2-4,6,9-14,17,21H,5,7-8H2,1H3,(H,20,22)/t14-,17-/m0/s1. The predicted molar refractivity (Wildman–Crippen MR) is 86.2 cm³/mol. The van der Waals surface area contributed by atoms with Crippen molar-refractivity contribution < 1.29 is 9.90 Å². The van der Waals surface area contributed by atoms with Crippen molar-refractivity contribution in [3.05, 3.63) is 66.0 Å². The maximum absolute atomic E-state index is 12.0. The fourth-order valence-electron chi connectivity index (χ4n) is 2.34. The van der Waals surface area contributed by atoms with Gasteiger partial charge in [-0.1, -0.05) is 36.4 Å². The second-order valence-corrected chi connectivity index (χ2v) is 5.48. The van der Waals surface area contributed by atoms with E-state index in [0.29, 0.717) is 5.56 Å². The van der Waals surface area contributed by atoms with E-state index in [4.69, 9.17) is 0 Å². The molecule has 0 spiro atoms. The van der Waals surface area contributed by atoms with Crippen molar-refractivity contribution in [3.8, 4) is 0 Å². The summed E-state index contributed by atoms with van der Waals surface area (Å²) in [6.45, 7) is 1.96. The van der Waals surface area contributed by atoms with Gasteiger partial charge in [-0.2, -0.15) is 0 Å². The highest BCUT2D eigenvalue weighted by Crippen LogP contribution is 2.13.